The van der Waals surface area contributed by atoms with Gasteiger partial charge in [0.15, 0.2) is 0 Å². The highest BCUT2D eigenvalue weighted by Gasteiger charge is 2.13. The predicted molar refractivity (Wildman–Crippen MR) is 60.7 cm³/mol. The molecule has 0 fully saturated rings. The normalized spacial score (nSPS) is 9.53. The maximum Gasteiger partial charge on any atom is 0.341 e. The standard InChI is InChI=1S/C11H14N2O4/c1-3-17-11(15)8-5-4-6-12-10(8)13-7-9(14)16-2/h4-6H,3,7H2,1-2H3,(H,12,13). The molecule has 1 heterocycles. The van der Waals surface area contributed by atoms with E-state index in [1.54, 1.807) is 19.1 Å². The molecular weight excluding hydrogens is 224 g/mol. The van der Waals surface area contributed by atoms with Crippen LogP contribution >= 0.6 is 0 Å². The van der Waals surface area contributed by atoms with Crippen LogP contribution in [0.3, 0.4) is 0 Å². The van der Waals surface area contributed by atoms with Crippen LogP contribution in [-0.2, 0) is 14.3 Å². The number of hydrogen-bond acceptors (Lipinski definition) is 6. The molecule has 0 atom stereocenters. The number of esters is 2. The lowest BCUT2D eigenvalue weighted by atomic mass is 10.2. The molecule has 1 rings (SSSR count). The van der Waals surface area contributed by atoms with Gasteiger partial charge in [-0.25, -0.2) is 9.78 Å². The molecule has 0 saturated heterocycles. The van der Waals surface area contributed by atoms with E-state index >= 15 is 0 Å². The Morgan fingerprint density at radius 2 is 2.24 bits per heavy atom. The average molecular weight is 238 g/mol. The molecule has 0 spiro atoms. The molecule has 0 amide bonds. The second-order valence-electron chi connectivity index (χ2n) is 3.05. The van der Waals surface area contributed by atoms with E-state index in [-0.39, 0.29) is 13.2 Å². The van der Waals surface area contributed by atoms with Gasteiger partial charge in [0.2, 0.25) is 0 Å². The van der Waals surface area contributed by atoms with Gasteiger partial charge in [-0.3, -0.25) is 4.79 Å². The Hall–Kier alpha value is -2.11. The summed E-state index contributed by atoms with van der Waals surface area (Å²) in [5, 5.41) is 2.72. The van der Waals surface area contributed by atoms with Gasteiger partial charge >= 0.3 is 11.9 Å². The van der Waals surface area contributed by atoms with Crippen molar-refractivity contribution in [3.8, 4) is 0 Å². The molecule has 0 aliphatic heterocycles. The number of methoxy groups -OCH3 is 1. The molecule has 0 aliphatic carbocycles. The number of aromatic nitrogens is 1. The number of carbonyl (C=O) groups excluding carboxylic acids is 2. The Morgan fingerprint density at radius 3 is 2.88 bits per heavy atom. The van der Waals surface area contributed by atoms with Crippen molar-refractivity contribution in [3.63, 3.8) is 0 Å². The highest BCUT2D eigenvalue weighted by Crippen LogP contribution is 2.12. The minimum Gasteiger partial charge on any atom is -0.468 e. The van der Waals surface area contributed by atoms with E-state index < -0.39 is 11.9 Å². The van der Waals surface area contributed by atoms with Crippen LogP contribution in [0, 0.1) is 0 Å². The van der Waals surface area contributed by atoms with Crippen LogP contribution in [0.15, 0.2) is 18.3 Å². The third-order valence-electron chi connectivity index (χ3n) is 1.93. The largest absolute Gasteiger partial charge is 0.468 e. The maximum atomic E-state index is 11.6. The number of pyridine rings is 1. The van der Waals surface area contributed by atoms with Gasteiger partial charge in [-0.05, 0) is 19.1 Å². The van der Waals surface area contributed by atoms with Crippen LogP contribution in [0.25, 0.3) is 0 Å². The summed E-state index contributed by atoms with van der Waals surface area (Å²) in [7, 11) is 1.29. The fourth-order valence-corrected chi connectivity index (χ4v) is 1.15. The van der Waals surface area contributed by atoms with Crippen LogP contribution in [0.2, 0.25) is 0 Å². The lowest BCUT2D eigenvalue weighted by molar-refractivity contribution is -0.138. The van der Waals surface area contributed by atoms with Crippen molar-refractivity contribution in [2.45, 2.75) is 6.92 Å². The molecule has 0 aliphatic rings. The van der Waals surface area contributed by atoms with Gasteiger partial charge in [0.25, 0.3) is 0 Å². The van der Waals surface area contributed by atoms with Gasteiger partial charge in [0.1, 0.15) is 17.9 Å². The summed E-state index contributed by atoms with van der Waals surface area (Å²) in [6, 6.07) is 3.19. The number of carbonyl (C=O) groups is 2. The molecule has 0 bridgehead atoms. The van der Waals surface area contributed by atoms with Gasteiger partial charge in [-0.2, -0.15) is 0 Å². The molecule has 6 nitrogen and oxygen atoms in total. The predicted octanol–water partition coefficient (Wildman–Crippen LogP) is 0.843. The van der Waals surface area contributed by atoms with Crippen molar-refractivity contribution in [2.75, 3.05) is 25.6 Å². The number of ether oxygens (including phenoxy) is 2. The highest BCUT2D eigenvalue weighted by molar-refractivity contribution is 5.95. The van der Waals surface area contributed by atoms with E-state index in [0.29, 0.717) is 11.4 Å². The van der Waals surface area contributed by atoms with E-state index in [0.717, 1.165) is 0 Å². The van der Waals surface area contributed by atoms with Gasteiger partial charge in [0.05, 0.1) is 13.7 Å². The first kappa shape index (κ1) is 13.0. The van der Waals surface area contributed by atoms with Crippen LogP contribution in [-0.4, -0.2) is 37.2 Å². The van der Waals surface area contributed by atoms with E-state index in [1.807, 2.05) is 0 Å². The van der Waals surface area contributed by atoms with Crippen molar-refractivity contribution in [1.82, 2.24) is 4.98 Å². The summed E-state index contributed by atoms with van der Waals surface area (Å²) in [6.45, 7) is 1.94. The Bertz CT molecular complexity index is 406. The molecule has 6 heteroatoms. The van der Waals surface area contributed by atoms with Gasteiger partial charge in [-0.1, -0.05) is 0 Å². The first-order valence-corrected chi connectivity index (χ1v) is 5.11. The van der Waals surface area contributed by atoms with E-state index in [1.165, 1.54) is 13.3 Å². The second kappa shape index (κ2) is 6.47. The third-order valence-corrected chi connectivity index (χ3v) is 1.93. The number of nitrogens with one attached hydrogen (secondary N) is 1. The van der Waals surface area contributed by atoms with Crippen LogP contribution in [0.1, 0.15) is 17.3 Å². The first-order chi connectivity index (χ1) is 8.19. The van der Waals surface area contributed by atoms with E-state index in [9.17, 15) is 9.59 Å². The molecular formula is C11H14N2O4. The number of rotatable bonds is 5. The Balaban J connectivity index is 2.77. The van der Waals surface area contributed by atoms with Crippen molar-refractivity contribution in [3.05, 3.63) is 23.9 Å². The third kappa shape index (κ3) is 3.75. The summed E-state index contributed by atoms with van der Waals surface area (Å²) in [4.78, 5) is 26.5. The van der Waals surface area contributed by atoms with Gasteiger partial charge in [0, 0.05) is 6.20 Å². The monoisotopic (exact) mass is 238 g/mol. The van der Waals surface area contributed by atoms with E-state index in [4.69, 9.17) is 4.74 Å². The highest BCUT2D eigenvalue weighted by atomic mass is 16.5. The Labute approximate surface area is 98.9 Å². The first-order valence-electron chi connectivity index (χ1n) is 5.11. The number of nitrogens with zero attached hydrogens (tertiary/aromatic N) is 1. The van der Waals surface area contributed by atoms with Gasteiger partial charge < -0.3 is 14.8 Å². The minimum absolute atomic E-state index is 0.0556. The van der Waals surface area contributed by atoms with Gasteiger partial charge in [-0.15, -0.1) is 0 Å². The topological polar surface area (TPSA) is 77.5 Å². The lowest BCUT2D eigenvalue weighted by Crippen LogP contribution is -2.18. The SMILES string of the molecule is CCOC(=O)c1cccnc1NCC(=O)OC. The zero-order chi connectivity index (χ0) is 12.7. The van der Waals surface area contributed by atoms with Crippen molar-refractivity contribution in [1.29, 1.82) is 0 Å². The molecule has 1 aromatic heterocycles. The van der Waals surface area contributed by atoms with Crippen molar-refractivity contribution < 1.29 is 19.1 Å². The van der Waals surface area contributed by atoms with Crippen molar-refractivity contribution in [2.24, 2.45) is 0 Å². The molecule has 0 unspecified atom stereocenters. The summed E-state index contributed by atoms with van der Waals surface area (Å²) >= 11 is 0. The summed E-state index contributed by atoms with van der Waals surface area (Å²) < 4.78 is 9.34. The Morgan fingerprint density at radius 1 is 1.47 bits per heavy atom. The lowest BCUT2D eigenvalue weighted by Gasteiger charge is -2.08. The van der Waals surface area contributed by atoms with Crippen LogP contribution in [0.4, 0.5) is 5.82 Å². The summed E-state index contributed by atoms with van der Waals surface area (Å²) in [6.07, 6.45) is 1.52. The Kier molecular flexibility index (Phi) is 4.93. The zero-order valence-electron chi connectivity index (χ0n) is 9.73. The van der Waals surface area contributed by atoms with Crippen LogP contribution in [0.5, 0.6) is 0 Å². The quantitative estimate of drug-likeness (QED) is 0.766. The maximum absolute atomic E-state index is 11.6. The number of anilines is 1. The fraction of sp³-hybridized carbons (Fsp3) is 0.364. The van der Waals surface area contributed by atoms with E-state index in [2.05, 4.69) is 15.0 Å². The molecule has 0 aromatic carbocycles. The summed E-state index contributed by atoms with van der Waals surface area (Å²) in [5.74, 6) is -0.616. The minimum atomic E-state index is -0.479. The smallest absolute Gasteiger partial charge is 0.341 e. The fourth-order valence-electron chi connectivity index (χ4n) is 1.15. The van der Waals surface area contributed by atoms with Crippen LogP contribution < -0.4 is 5.32 Å². The number of hydrogen-bond donors (Lipinski definition) is 1. The zero-order valence-corrected chi connectivity index (χ0v) is 9.73. The molecule has 0 saturated carbocycles. The molecule has 0 radical (unpaired) electrons. The second-order valence-corrected chi connectivity index (χ2v) is 3.05. The molecule has 17 heavy (non-hydrogen) atoms. The molecule has 1 aromatic rings. The average Bonchev–Trinajstić information content (AvgIpc) is 2.36. The summed E-state index contributed by atoms with van der Waals surface area (Å²) in [5.41, 5.74) is 0.290. The molecule has 92 valence electrons. The van der Waals surface area contributed by atoms with Crippen molar-refractivity contribution >= 4 is 17.8 Å². The molecule has 1 N–H and O–H groups in total.